The molecule has 0 radical (unpaired) electrons. The minimum absolute atomic E-state index is 0.447. The number of hydrogen-bond donors (Lipinski definition) is 0. The van der Waals surface area contributed by atoms with E-state index in [1.807, 2.05) is 30.3 Å². The first-order valence-electron chi connectivity index (χ1n) is 7.56. The first-order valence-corrected chi connectivity index (χ1v) is 8.10. The lowest BCUT2D eigenvalue weighted by molar-refractivity contribution is 0.318. The van der Waals surface area contributed by atoms with E-state index in [1.165, 1.54) is 0 Å². The first kappa shape index (κ1) is 16.1. The number of nitriles is 1. The maximum Gasteiger partial charge on any atom is 0.139 e. The van der Waals surface area contributed by atoms with E-state index in [0.717, 1.165) is 17.6 Å². The van der Waals surface area contributed by atoms with Crippen LogP contribution >= 0.6 is 11.6 Å². The van der Waals surface area contributed by atoms with Crippen LogP contribution in [0.2, 0.25) is 0 Å². The zero-order chi connectivity index (χ0) is 16.8. The van der Waals surface area contributed by atoms with Gasteiger partial charge in [0.2, 0.25) is 0 Å². The maximum atomic E-state index is 9.40. The van der Waals surface area contributed by atoms with Gasteiger partial charge in [0.1, 0.15) is 23.3 Å². The Kier molecular flexibility index (Phi) is 5.15. The van der Waals surface area contributed by atoms with Crippen molar-refractivity contribution in [2.75, 3.05) is 12.5 Å². The van der Waals surface area contributed by atoms with Crippen molar-refractivity contribution >= 4 is 22.5 Å². The van der Waals surface area contributed by atoms with Gasteiger partial charge in [-0.15, -0.1) is 11.6 Å². The predicted octanol–water partition coefficient (Wildman–Crippen LogP) is 4.91. The molecule has 2 aromatic carbocycles. The summed E-state index contributed by atoms with van der Waals surface area (Å²) >= 11 is 5.66. The summed E-state index contributed by atoms with van der Waals surface area (Å²) in [6, 6.07) is 16.9. The number of halogens is 1. The molecule has 0 fully saturated rings. The molecule has 24 heavy (non-hydrogen) atoms. The lowest BCUT2D eigenvalue weighted by Crippen LogP contribution is -2.00. The second kappa shape index (κ2) is 7.67. The molecule has 120 valence electrons. The number of fused-ring (bicyclic) bond motifs is 1. The van der Waals surface area contributed by atoms with Gasteiger partial charge in [-0.05, 0) is 30.7 Å². The van der Waals surface area contributed by atoms with Crippen LogP contribution in [0, 0.1) is 11.3 Å². The molecule has 0 aliphatic rings. The number of benzene rings is 2. The molecule has 3 rings (SSSR count). The van der Waals surface area contributed by atoms with Gasteiger partial charge in [0.25, 0.3) is 0 Å². The third kappa shape index (κ3) is 3.58. The number of ether oxygens (including phenoxy) is 2. The van der Waals surface area contributed by atoms with Crippen molar-refractivity contribution in [2.45, 2.75) is 6.42 Å². The molecule has 0 unspecified atom stereocenters. The molecule has 0 aliphatic heterocycles. The van der Waals surface area contributed by atoms with Crippen LogP contribution in [-0.4, -0.2) is 17.5 Å². The van der Waals surface area contributed by atoms with Crippen LogP contribution in [0.4, 0.5) is 0 Å². The number of aromatic nitrogens is 1. The molecule has 0 amide bonds. The van der Waals surface area contributed by atoms with Gasteiger partial charge in [-0.2, -0.15) is 5.26 Å². The second-order valence-corrected chi connectivity index (χ2v) is 5.47. The number of rotatable bonds is 6. The van der Waals surface area contributed by atoms with Gasteiger partial charge in [-0.1, -0.05) is 18.2 Å². The molecule has 0 aliphatic carbocycles. The summed E-state index contributed by atoms with van der Waals surface area (Å²) in [4.78, 5) is 4.35. The third-order valence-corrected chi connectivity index (χ3v) is 3.70. The van der Waals surface area contributed by atoms with Crippen molar-refractivity contribution in [3.05, 3.63) is 60.3 Å². The Labute approximate surface area is 145 Å². The van der Waals surface area contributed by atoms with Crippen molar-refractivity contribution in [1.29, 1.82) is 5.26 Å². The number of hydrogen-bond acceptors (Lipinski definition) is 4. The fourth-order valence-corrected chi connectivity index (χ4v) is 2.41. The summed E-state index contributed by atoms with van der Waals surface area (Å²) in [6.45, 7) is 0.462. The monoisotopic (exact) mass is 338 g/mol. The highest BCUT2D eigenvalue weighted by Crippen LogP contribution is 2.33. The molecule has 1 aromatic heterocycles. The summed E-state index contributed by atoms with van der Waals surface area (Å²) in [5, 5.41) is 10.2. The lowest BCUT2D eigenvalue weighted by atomic mass is 10.1. The molecular weight excluding hydrogens is 324 g/mol. The molecule has 0 atom stereocenters. The molecule has 0 bridgehead atoms. The summed E-state index contributed by atoms with van der Waals surface area (Å²) in [6.07, 6.45) is 2.39. The van der Waals surface area contributed by atoms with E-state index in [0.29, 0.717) is 35.1 Å². The van der Waals surface area contributed by atoms with Gasteiger partial charge >= 0.3 is 0 Å². The highest BCUT2D eigenvalue weighted by Gasteiger charge is 2.11. The molecule has 5 heteroatoms. The molecule has 1 heterocycles. The number of alkyl halides is 1. The quantitative estimate of drug-likeness (QED) is 0.473. The Morgan fingerprint density at radius 1 is 1.08 bits per heavy atom. The zero-order valence-corrected chi connectivity index (χ0v) is 13.7. The standard InChI is InChI=1S/C19H15ClN2O2/c20-8-4-10-23-19-12-17-16(11-14(19)13-21)18(7-9-22-17)24-15-5-2-1-3-6-15/h1-3,5-7,9,11-12H,4,8,10H2. The molecule has 0 spiro atoms. The average molecular weight is 339 g/mol. The predicted molar refractivity (Wildman–Crippen MR) is 93.8 cm³/mol. The van der Waals surface area contributed by atoms with Crippen molar-refractivity contribution < 1.29 is 9.47 Å². The largest absolute Gasteiger partial charge is 0.492 e. The van der Waals surface area contributed by atoms with E-state index >= 15 is 0 Å². The summed E-state index contributed by atoms with van der Waals surface area (Å²) < 4.78 is 11.6. The van der Waals surface area contributed by atoms with Crippen molar-refractivity contribution in [3.8, 4) is 23.3 Å². The van der Waals surface area contributed by atoms with Gasteiger partial charge in [-0.3, -0.25) is 4.98 Å². The topological polar surface area (TPSA) is 55.1 Å². The van der Waals surface area contributed by atoms with Crippen LogP contribution in [-0.2, 0) is 0 Å². The van der Waals surface area contributed by atoms with Crippen LogP contribution in [0.15, 0.2) is 54.7 Å². The van der Waals surface area contributed by atoms with Gasteiger partial charge in [0, 0.05) is 23.5 Å². The fraction of sp³-hybridized carbons (Fsp3) is 0.158. The van der Waals surface area contributed by atoms with Gasteiger partial charge in [-0.25, -0.2) is 0 Å². The zero-order valence-electron chi connectivity index (χ0n) is 12.9. The van der Waals surface area contributed by atoms with Crippen LogP contribution < -0.4 is 9.47 Å². The minimum Gasteiger partial charge on any atom is -0.492 e. The minimum atomic E-state index is 0.447. The molecule has 4 nitrogen and oxygen atoms in total. The molecule has 3 aromatic rings. The van der Waals surface area contributed by atoms with Crippen LogP contribution in [0.5, 0.6) is 17.2 Å². The SMILES string of the molecule is N#Cc1cc2c(Oc3ccccc3)ccnc2cc1OCCCCl. The lowest BCUT2D eigenvalue weighted by Gasteiger charge is -2.11. The van der Waals surface area contributed by atoms with E-state index in [2.05, 4.69) is 11.1 Å². The fourth-order valence-electron chi connectivity index (χ4n) is 2.30. The third-order valence-electron chi connectivity index (χ3n) is 3.43. The normalized spacial score (nSPS) is 10.3. The Balaban J connectivity index is 1.99. The Morgan fingerprint density at radius 2 is 1.92 bits per heavy atom. The van der Waals surface area contributed by atoms with Crippen molar-refractivity contribution in [1.82, 2.24) is 4.98 Å². The number of para-hydroxylation sites is 1. The van der Waals surface area contributed by atoms with Crippen molar-refractivity contribution in [2.24, 2.45) is 0 Å². The second-order valence-electron chi connectivity index (χ2n) is 5.09. The number of nitrogens with zero attached hydrogens (tertiary/aromatic N) is 2. The maximum absolute atomic E-state index is 9.40. The molecular formula is C19H15ClN2O2. The van der Waals surface area contributed by atoms with E-state index in [-0.39, 0.29) is 0 Å². The Morgan fingerprint density at radius 3 is 2.67 bits per heavy atom. The Bertz CT molecular complexity index is 876. The highest BCUT2D eigenvalue weighted by atomic mass is 35.5. The first-order chi connectivity index (χ1) is 11.8. The van der Waals surface area contributed by atoms with Gasteiger partial charge in [0.05, 0.1) is 17.7 Å². The van der Waals surface area contributed by atoms with Crippen LogP contribution in [0.25, 0.3) is 10.9 Å². The highest BCUT2D eigenvalue weighted by molar-refractivity contribution is 6.17. The van der Waals surface area contributed by atoms with Crippen LogP contribution in [0.1, 0.15) is 12.0 Å². The van der Waals surface area contributed by atoms with E-state index < -0.39 is 0 Å². The van der Waals surface area contributed by atoms with Gasteiger partial charge in [0.15, 0.2) is 0 Å². The molecule has 0 N–H and O–H groups in total. The summed E-state index contributed by atoms with van der Waals surface area (Å²) in [5.74, 6) is 2.41. The average Bonchev–Trinajstić information content (AvgIpc) is 2.62. The van der Waals surface area contributed by atoms with Crippen LogP contribution in [0.3, 0.4) is 0 Å². The summed E-state index contributed by atoms with van der Waals surface area (Å²) in [5.41, 5.74) is 1.16. The molecule has 0 saturated heterocycles. The van der Waals surface area contributed by atoms with E-state index in [4.69, 9.17) is 21.1 Å². The van der Waals surface area contributed by atoms with E-state index in [9.17, 15) is 5.26 Å². The van der Waals surface area contributed by atoms with E-state index in [1.54, 1.807) is 24.4 Å². The molecule has 0 saturated carbocycles. The van der Waals surface area contributed by atoms with Crippen molar-refractivity contribution in [3.63, 3.8) is 0 Å². The Hall–Kier alpha value is -2.77. The smallest absolute Gasteiger partial charge is 0.139 e. The van der Waals surface area contributed by atoms with Gasteiger partial charge < -0.3 is 9.47 Å². The summed E-state index contributed by atoms with van der Waals surface area (Å²) in [7, 11) is 0. The number of pyridine rings is 1.